The van der Waals surface area contributed by atoms with Crippen molar-refractivity contribution in [2.45, 2.75) is 13.0 Å². The Morgan fingerprint density at radius 2 is 2.05 bits per heavy atom. The summed E-state index contributed by atoms with van der Waals surface area (Å²) in [5.74, 6) is 0.0410. The van der Waals surface area contributed by atoms with E-state index in [0.717, 1.165) is 29.9 Å². The maximum atomic E-state index is 12.7. The Labute approximate surface area is 130 Å². The zero-order chi connectivity index (χ0) is 15.5. The van der Waals surface area contributed by atoms with Crippen molar-refractivity contribution in [3.63, 3.8) is 0 Å². The van der Waals surface area contributed by atoms with Gasteiger partial charge in [-0.15, -0.1) is 10.2 Å². The first-order chi connectivity index (χ1) is 10.7. The summed E-state index contributed by atoms with van der Waals surface area (Å²) in [5, 5.41) is 11.7. The number of carbonyl (C=O) groups is 1. The second kappa shape index (κ2) is 6.34. The van der Waals surface area contributed by atoms with Crippen molar-refractivity contribution in [2.75, 3.05) is 26.7 Å². The number of ketones is 1. The van der Waals surface area contributed by atoms with Crippen LogP contribution in [0.5, 0.6) is 0 Å². The minimum Gasteiger partial charge on any atom is -0.313 e. The second-order valence-electron chi connectivity index (χ2n) is 5.69. The first-order valence-electron chi connectivity index (χ1n) is 7.52. The molecule has 1 atom stereocenters. The third kappa shape index (κ3) is 2.91. The van der Waals surface area contributed by atoms with E-state index in [2.05, 4.69) is 20.4 Å². The molecular weight excluding hydrogens is 276 g/mol. The topological polar surface area (TPSA) is 58.1 Å². The number of hydrogen-bond acceptors (Lipinski definition) is 5. The molecule has 0 bridgehead atoms. The average molecular weight is 296 g/mol. The lowest BCUT2D eigenvalue weighted by atomic mass is 10.0. The summed E-state index contributed by atoms with van der Waals surface area (Å²) in [4.78, 5) is 14.8. The zero-order valence-corrected chi connectivity index (χ0v) is 12.9. The molecule has 0 radical (unpaired) electrons. The lowest BCUT2D eigenvalue weighted by Crippen LogP contribution is -2.53. The Balaban J connectivity index is 1.87. The monoisotopic (exact) mass is 296 g/mol. The highest BCUT2D eigenvalue weighted by Crippen LogP contribution is 2.19. The number of aryl methyl sites for hydroxylation is 1. The summed E-state index contributed by atoms with van der Waals surface area (Å²) in [7, 11) is 1.98. The van der Waals surface area contributed by atoms with Crippen molar-refractivity contribution in [1.29, 1.82) is 0 Å². The molecule has 0 aliphatic carbocycles. The molecule has 1 unspecified atom stereocenters. The number of carbonyl (C=O) groups excluding carboxylic acids is 1. The number of rotatable bonds is 3. The summed E-state index contributed by atoms with van der Waals surface area (Å²) in [6.45, 7) is 4.37. The fourth-order valence-corrected chi connectivity index (χ4v) is 2.74. The van der Waals surface area contributed by atoms with Crippen molar-refractivity contribution < 1.29 is 4.79 Å². The van der Waals surface area contributed by atoms with Crippen LogP contribution in [-0.2, 0) is 0 Å². The van der Waals surface area contributed by atoms with E-state index in [4.69, 9.17) is 0 Å². The molecule has 1 fully saturated rings. The third-order valence-corrected chi connectivity index (χ3v) is 4.10. The molecule has 5 nitrogen and oxygen atoms in total. The fourth-order valence-electron chi connectivity index (χ4n) is 2.74. The van der Waals surface area contributed by atoms with Crippen LogP contribution in [0, 0.1) is 6.92 Å². The van der Waals surface area contributed by atoms with Crippen LogP contribution in [0.1, 0.15) is 16.1 Å². The van der Waals surface area contributed by atoms with Gasteiger partial charge in [0.05, 0.1) is 11.7 Å². The maximum Gasteiger partial charge on any atom is 0.201 e. The summed E-state index contributed by atoms with van der Waals surface area (Å²) in [6.07, 6.45) is 0. The molecule has 5 heteroatoms. The largest absolute Gasteiger partial charge is 0.313 e. The van der Waals surface area contributed by atoms with E-state index in [1.165, 1.54) is 0 Å². The van der Waals surface area contributed by atoms with Gasteiger partial charge in [0.15, 0.2) is 0 Å². The maximum absolute atomic E-state index is 12.7. The van der Waals surface area contributed by atoms with Crippen LogP contribution < -0.4 is 5.32 Å². The molecule has 0 spiro atoms. The summed E-state index contributed by atoms with van der Waals surface area (Å²) in [6, 6.07) is 11.7. The van der Waals surface area contributed by atoms with Crippen LogP contribution in [0.2, 0.25) is 0 Å². The number of nitrogens with one attached hydrogen (secondary N) is 1. The Morgan fingerprint density at radius 3 is 2.73 bits per heavy atom. The van der Waals surface area contributed by atoms with Crippen LogP contribution in [0.4, 0.5) is 0 Å². The predicted octanol–water partition coefficient (Wildman–Crippen LogP) is 1.54. The van der Waals surface area contributed by atoms with Crippen molar-refractivity contribution in [1.82, 2.24) is 20.4 Å². The summed E-state index contributed by atoms with van der Waals surface area (Å²) >= 11 is 0. The molecule has 114 valence electrons. The van der Waals surface area contributed by atoms with Gasteiger partial charge >= 0.3 is 0 Å². The highest BCUT2D eigenvalue weighted by molar-refractivity contribution is 5.99. The number of nitrogens with zero attached hydrogens (tertiary/aromatic N) is 3. The number of hydrogen-bond donors (Lipinski definition) is 1. The molecule has 0 saturated carbocycles. The van der Waals surface area contributed by atoms with E-state index < -0.39 is 0 Å². The highest BCUT2D eigenvalue weighted by atomic mass is 16.1. The normalized spacial score (nSPS) is 19.1. The van der Waals surface area contributed by atoms with Crippen molar-refractivity contribution in [2.24, 2.45) is 0 Å². The fraction of sp³-hybridized carbons (Fsp3) is 0.353. The number of piperazine rings is 1. The summed E-state index contributed by atoms with van der Waals surface area (Å²) < 4.78 is 0. The van der Waals surface area contributed by atoms with Gasteiger partial charge in [-0.1, -0.05) is 30.3 Å². The van der Waals surface area contributed by atoms with Crippen LogP contribution in [0.25, 0.3) is 11.3 Å². The first-order valence-corrected chi connectivity index (χ1v) is 7.52. The molecule has 1 aliphatic rings. The van der Waals surface area contributed by atoms with Gasteiger partial charge in [-0.3, -0.25) is 9.69 Å². The van der Waals surface area contributed by atoms with Crippen LogP contribution in [0.15, 0.2) is 36.4 Å². The third-order valence-electron chi connectivity index (χ3n) is 4.10. The second-order valence-corrected chi connectivity index (χ2v) is 5.69. The standard InChI is InChI=1S/C17H20N4O/c1-12-10-14(13-6-4-3-5-7-13)19-20-16(12)17(22)15-11-18-8-9-21(15)2/h3-7,10,15,18H,8-9,11H2,1-2H3. The van der Waals surface area contributed by atoms with Crippen LogP contribution >= 0.6 is 0 Å². The van der Waals surface area contributed by atoms with Crippen LogP contribution in [-0.4, -0.2) is 53.6 Å². The van der Waals surface area contributed by atoms with E-state index in [-0.39, 0.29) is 11.8 Å². The predicted molar refractivity (Wildman–Crippen MR) is 85.8 cm³/mol. The van der Waals surface area contributed by atoms with Gasteiger partial charge in [-0.25, -0.2) is 0 Å². The number of aromatic nitrogens is 2. The van der Waals surface area contributed by atoms with Crippen LogP contribution in [0.3, 0.4) is 0 Å². The molecule has 2 aromatic rings. The molecule has 1 N–H and O–H groups in total. The molecule has 2 heterocycles. The molecule has 22 heavy (non-hydrogen) atoms. The summed E-state index contributed by atoms with van der Waals surface area (Å²) in [5.41, 5.74) is 3.15. The van der Waals surface area contributed by atoms with Gasteiger partial charge in [-0.2, -0.15) is 0 Å². The van der Waals surface area contributed by atoms with Gasteiger partial charge in [0.25, 0.3) is 0 Å². The van der Waals surface area contributed by atoms with E-state index in [9.17, 15) is 4.79 Å². The molecule has 3 rings (SSSR count). The number of Topliss-reactive ketones (excluding diaryl/α,β-unsaturated/α-hetero) is 1. The van der Waals surface area contributed by atoms with E-state index >= 15 is 0 Å². The molecule has 1 aromatic heterocycles. The minimum absolute atomic E-state index is 0.0410. The molecule has 1 aliphatic heterocycles. The smallest absolute Gasteiger partial charge is 0.201 e. The van der Waals surface area contributed by atoms with E-state index in [0.29, 0.717) is 12.2 Å². The molecule has 1 saturated heterocycles. The Morgan fingerprint density at radius 1 is 1.27 bits per heavy atom. The number of likely N-dealkylation sites (N-methyl/N-ethyl adjacent to an activating group) is 1. The Kier molecular flexibility index (Phi) is 4.27. The van der Waals surface area contributed by atoms with Gasteiger partial charge in [0.2, 0.25) is 5.78 Å². The SMILES string of the molecule is Cc1cc(-c2ccccc2)nnc1C(=O)C1CNCCN1C. The Bertz CT molecular complexity index is 672. The van der Waals surface area contributed by atoms with Crippen molar-refractivity contribution >= 4 is 5.78 Å². The van der Waals surface area contributed by atoms with E-state index in [1.54, 1.807) is 0 Å². The first kappa shape index (κ1) is 14.8. The minimum atomic E-state index is -0.163. The van der Waals surface area contributed by atoms with Gasteiger partial charge in [0, 0.05) is 25.2 Å². The van der Waals surface area contributed by atoms with Gasteiger partial charge < -0.3 is 5.32 Å². The molecule has 0 amide bonds. The van der Waals surface area contributed by atoms with Crippen molar-refractivity contribution in [3.8, 4) is 11.3 Å². The number of benzene rings is 1. The van der Waals surface area contributed by atoms with E-state index in [1.807, 2.05) is 50.4 Å². The van der Waals surface area contributed by atoms with Crippen molar-refractivity contribution in [3.05, 3.63) is 47.7 Å². The lowest BCUT2D eigenvalue weighted by molar-refractivity contribution is 0.0812. The lowest BCUT2D eigenvalue weighted by Gasteiger charge is -2.31. The quantitative estimate of drug-likeness (QED) is 0.871. The molecule has 1 aromatic carbocycles. The molecular formula is C17H20N4O. The zero-order valence-electron chi connectivity index (χ0n) is 12.9. The highest BCUT2D eigenvalue weighted by Gasteiger charge is 2.28. The average Bonchev–Trinajstić information content (AvgIpc) is 2.55. The van der Waals surface area contributed by atoms with Gasteiger partial charge in [-0.05, 0) is 25.6 Å². The van der Waals surface area contributed by atoms with Gasteiger partial charge in [0.1, 0.15) is 5.69 Å². The Hall–Kier alpha value is -2.11.